The fourth-order valence-electron chi connectivity index (χ4n) is 2.50. The molecular weight excluding hydrogens is 378 g/mol. The third-order valence-electron chi connectivity index (χ3n) is 3.81. The van der Waals surface area contributed by atoms with E-state index >= 15 is 0 Å². The molecule has 0 aliphatic heterocycles. The Balaban J connectivity index is 0.00000364. The summed E-state index contributed by atoms with van der Waals surface area (Å²) in [7, 11) is 1.38. The van der Waals surface area contributed by atoms with Gasteiger partial charge in [-0.3, -0.25) is 4.79 Å². The molecule has 0 fully saturated rings. The maximum atomic E-state index is 12.4. The molecule has 0 bridgehead atoms. The number of carbonyl (C=O) groups is 1. The molecule has 27 heavy (non-hydrogen) atoms. The number of carbonyl (C=O) groups excluding carboxylic acids is 1. The number of hydrogen-bond acceptors (Lipinski definition) is 4. The van der Waals surface area contributed by atoms with Gasteiger partial charge in [0.05, 0.1) is 7.11 Å². The zero-order chi connectivity index (χ0) is 18.9. The normalized spacial score (nSPS) is 11.4. The molecule has 2 aromatic carbocycles. The number of methoxy groups -OCH3 is 1. The number of amides is 1. The van der Waals surface area contributed by atoms with E-state index in [4.69, 9.17) is 10.5 Å². The molecule has 0 aliphatic rings. The van der Waals surface area contributed by atoms with E-state index in [9.17, 15) is 13.6 Å². The first kappa shape index (κ1) is 22.7. The Morgan fingerprint density at radius 3 is 2.48 bits per heavy atom. The summed E-state index contributed by atoms with van der Waals surface area (Å²) in [6, 6.07) is 13.8. The smallest absolute Gasteiger partial charge is 0.387 e. The van der Waals surface area contributed by atoms with Crippen LogP contribution < -0.4 is 20.5 Å². The maximum absolute atomic E-state index is 12.4. The molecule has 2 rings (SSSR count). The van der Waals surface area contributed by atoms with Crippen LogP contribution in [-0.4, -0.2) is 26.2 Å². The van der Waals surface area contributed by atoms with Crippen LogP contribution in [-0.2, 0) is 11.2 Å². The molecule has 0 aliphatic carbocycles. The molecule has 0 aromatic heterocycles. The van der Waals surface area contributed by atoms with Gasteiger partial charge in [0.15, 0.2) is 11.5 Å². The van der Waals surface area contributed by atoms with Crippen molar-refractivity contribution in [2.45, 2.75) is 25.5 Å². The van der Waals surface area contributed by atoms with Crippen LogP contribution in [0.5, 0.6) is 11.5 Å². The molecule has 3 N–H and O–H groups in total. The van der Waals surface area contributed by atoms with Crippen LogP contribution in [0.1, 0.15) is 23.6 Å². The van der Waals surface area contributed by atoms with Crippen molar-refractivity contribution >= 4 is 18.3 Å². The Morgan fingerprint density at radius 2 is 1.85 bits per heavy atom. The number of halogens is 3. The molecule has 0 spiro atoms. The summed E-state index contributed by atoms with van der Waals surface area (Å²) in [4.78, 5) is 12.0. The Hall–Kier alpha value is -2.38. The second kappa shape index (κ2) is 11.4. The number of rotatable bonds is 9. The highest BCUT2D eigenvalue weighted by Gasteiger charge is 2.13. The van der Waals surface area contributed by atoms with E-state index in [1.54, 1.807) is 12.1 Å². The average Bonchev–Trinajstić information content (AvgIpc) is 2.62. The lowest BCUT2D eigenvalue weighted by Gasteiger charge is -2.13. The minimum absolute atomic E-state index is 0. The van der Waals surface area contributed by atoms with Gasteiger partial charge in [0.2, 0.25) is 5.91 Å². The Kier molecular flexibility index (Phi) is 9.53. The standard InChI is InChI=1S/C19H22F2N2O3.ClH/c1-25-16-8-7-13(11-17(16)26-19(20)21)9-10-23-18(24)12-15(22)14-5-3-2-4-6-14;/h2-8,11,15,19H,9-10,12,22H2,1H3,(H,23,24);1H. The number of nitrogens with two attached hydrogens (primary N) is 1. The largest absolute Gasteiger partial charge is 0.493 e. The predicted molar refractivity (Wildman–Crippen MR) is 102 cm³/mol. The first-order valence-corrected chi connectivity index (χ1v) is 8.18. The molecule has 5 nitrogen and oxygen atoms in total. The molecular formula is C19H23ClF2N2O3. The van der Waals surface area contributed by atoms with Crippen LogP contribution in [0, 0.1) is 0 Å². The maximum Gasteiger partial charge on any atom is 0.387 e. The van der Waals surface area contributed by atoms with Gasteiger partial charge >= 0.3 is 6.61 Å². The highest BCUT2D eigenvalue weighted by molar-refractivity contribution is 5.85. The van der Waals surface area contributed by atoms with Crippen LogP contribution in [0.15, 0.2) is 48.5 Å². The summed E-state index contributed by atoms with van der Waals surface area (Å²) >= 11 is 0. The summed E-state index contributed by atoms with van der Waals surface area (Å²) in [6.07, 6.45) is 0.641. The third-order valence-corrected chi connectivity index (χ3v) is 3.81. The topological polar surface area (TPSA) is 73.6 Å². The van der Waals surface area contributed by atoms with Gasteiger partial charge in [-0.15, -0.1) is 12.4 Å². The van der Waals surface area contributed by atoms with Gasteiger partial charge < -0.3 is 20.5 Å². The van der Waals surface area contributed by atoms with E-state index in [0.29, 0.717) is 13.0 Å². The monoisotopic (exact) mass is 400 g/mol. The van der Waals surface area contributed by atoms with Gasteiger partial charge in [-0.1, -0.05) is 36.4 Å². The highest BCUT2D eigenvalue weighted by atomic mass is 35.5. The van der Waals surface area contributed by atoms with Crippen molar-refractivity contribution in [3.05, 3.63) is 59.7 Å². The molecule has 8 heteroatoms. The van der Waals surface area contributed by atoms with Crippen molar-refractivity contribution < 1.29 is 23.0 Å². The second-order valence-electron chi connectivity index (χ2n) is 5.68. The Labute approximate surface area is 163 Å². The SMILES string of the molecule is COc1ccc(CCNC(=O)CC(N)c2ccccc2)cc1OC(F)F.Cl. The van der Waals surface area contributed by atoms with Gasteiger partial charge in [-0.05, 0) is 29.7 Å². The summed E-state index contributed by atoms with van der Waals surface area (Å²) in [5, 5.41) is 2.78. The van der Waals surface area contributed by atoms with Crippen LogP contribution in [0.3, 0.4) is 0 Å². The van der Waals surface area contributed by atoms with Gasteiger partial charge in [-0.2, -0.15) is 8.78 Å². The van der Waals surface area contributed by atoms with Gasteiger partial charge in [0.1, 0.15) is 0 Å². The first-order valence-electron chi connectivity index (χ1n) is 8.18. The number of hydrogen-bond donors (Lipinski definition) is 2. The quantitative estimate of drug-likeness (QED) is 0.676. The fraction of sp³-hybridized carbons (Fsp3) is 0.316. The Morgan fingerprint density at radius 1 is 1.15 bits per heavy atom. The van der Waals surface area contributed by atoms with Crippen molar-refractivity contribution in [2.24, 2.45) is 5.73 Å². The van der Waals surface area contributed by atoms with Crippen molar-refractivity contribution in [3.8, 4) is 11.5 Å². The molecule has 0 saturated heterocycles. The number of benzene rings is 2. The molecule has 0 heterocycles. The van der Waals surface area contributed by atoms with Crippen LogP contribution in [0.25, 0.3) is 0 Å². The van der Waals surface area contributed by atoms with E-state index in [1.807, 2.05) is 30.3 Å². The van der Waals surface area contributed by atoms with Crippen LogP contribution >= 0.6 is 12.4 Å². The first-order chi connectivity index (χ1) is 12.5. The van der Waals surface area contributed by atoms with Crippen molar-refractivity contribution in [1.29, 1.82) is 0 Å². The second-order valence-corrected chi connectivity index (χ2v) is 5.68. The summed E-state index contributed by atoms with van der Waals surface area (Å²) in [5.74, 6) is 0.0308. The minimum atomic E-state index is -2.93. The Bertz CT molecular complexity index is 717. The molecule has 2 aromatic rings. The summed E-state index contributed by atoms with van der Waals surface area (Å²) in [5.41, 5.74) is 7.65. The lowest BCUT2D eigenvalue weighted by Crippen LogP contribution is -2.29. The number of alkyl halides is 2. The minimum Gasteiger partial charge on any atom is -0.493 e. The van der Waals surface area contributed by atoms with Crippen molar-refractivity contribution in [1.82, 2.24) is 5.32 Å². The van der Waals surface area contributed by atoms with E-state index in [1.165, 1.54) is 13.2 Å². The lowest BCUT2D eigenvalue weighted by molar-refractivity contribution is -0.121. The average molecular weight is 401 g/mol. The van der Waals surface area contributed by atoms with Crippen molar-refractivity contribution in [2.75, 3.05) is 13.7 Å². The predicted octanol–water partition coefficient (Wildman–Crippen LogP) is 3.47. The summed E-state index contributed by atoms with van der Waals surface area (Å²) < 4.78 is 34.3. The van der Waals surface area contributed by atoms with E-state index in [0.717, 1.165) is 11.1 Å². The van der Waals surface area contributed by atoms with E-state index < -0.39 is 6.61 Å². The molecule has 0 saturated carbocycles. The molecule has 1 amide bonds. The lowest BCUT2D eigenvalue weighted by atomic mass is 10.0. The molecule has 1 atom stereocenters. The van der Waals surface area contributed by atoms with Crippen LogP contribution in [0.2, 0.25) is 0 Å². The number of nitrogens with one attached hydrogen (secondary N) is 1. The van der Waals surface area contributed by atoms with Crippen molar-refractivity contribution in [3.63, 3.8) is 0 Å². The highest BCUT2D eigenvalue weighted by Crippen LogP contribution is 2.29. The van der Waals surface area contributed by atoms with Gasteiger partial charge in [-0.25, -0.2) is 0 Å². The zero-order valence-corrected chi connectivity index (χ0v) is 15.7. The van der Waals surface area contributed by atoms with Crippen LogP contribution in [0.4, 0.5) is 8.78 Å². The van der Waals surface area contributed by atoms with E-state index in [-0.39, 0.29) is 42.3 Å². The third kappa shape index (κ3) is 7.40. The fourth-order valence-corrected chi connectivity index (χ4v) is 2.50. The zero-order valence-electron chi connectivity index (χ0n) is 14.9. The van der Waals surface area contributed by atoms with E-state index in [2.05, 4.69) is 10.1 Å². The summed E-state index contributed by atoms with van der Waals surface area (Å²) in [6.45, 7) is -2.57. The van der Waals surface area contributed by atoms with Gasteiger partial charge in [0.25, 0.3) is 0 Å². The molecule has 0 radical (unpaired) electrons. The number of ether oxygens (including phenoxy) is 2. The van der Waals surface area contributed by atoms with Gasteiger partial charge in [0, 0.05) is 19.0 Å². The molecule has 148 valence electrons. The molecule has 1 unspecified atom stereocenters.